The predicted octanol–water partition coefficient (Wildman–Crippen LogP) is 4.89. The van der Waals surface area contributed by atoms with E-state index in [1.807, 2.05) is 19.9 Å². The lowest BCUT2D eigenvalue weighted by molar-refractivity contribution is -0.384. The second-order valence-electron chi connectivity index (χ2n) is 7.52. The molecule has 0 atom stereocenters. The number of anilines is 2. The second-order valence-corrected chi connectivity index (χ2v) is 7.52. The van der Waals surface area contributed by atoms with Gasteiger partial charge in [-0.3, -0.25) is 19.7 Å². The van der Waals surface area contributed by atoms with E-state index in [1.54, 1.807) is 12.1 Å². The number of rotatable bonds is 5. The maximum atomic E-state index is 13.8. The molecule has 0 saturated carbocycles. The molecule has 0 fully saturated rings. The topological polar surface area (TPSA) is 92.6 Å². The average Bonchev–Trinajstić information content (AvgIpc) is 3.02. The van der Waals surface area contributed by atoms with Crippen LogP contribution in [0.5, 0.6) is 0 Å². The van der Waals surface area contributed by atoms with Crippen LogP contribution in [0.2, 0.25) is 0 Å². The number of halogens is 2. The molecule has 0 saturated heterocycles. The van der Waals surface area contributed by atoms with Gasteiger partial charge in [0.15, 0.2) is 11.6 Å². The standard InChI is InChI=1S/C24H17F2N3O4/c1-13-3-6-16(11-14(13)2)27-22-21(15-4-7-17(8-5-15)29(32)33)23(30)28(24(22)31)18-9-10-19(25)20(26)12-18/h3-12,27H,1-2H3. The van der Waals surface area contributed by atoms with Gasteiger partial charge in [0.1, 0.15) is 5.70 Å². The molecule has 9 heteroatoms. The van der Waals surface area contributed by atoms with E-state index in [9.17, 15) is 28.5 Å². The van der Waals surface area contributed by atoms with Gasteiger partial charge in [-0.25, -0.2) is 13.7 Å². The maximum Gasteiger partial charge on any atom is 0.282 e. The van der Waals surface area contributed by atoms with E-state index in [-0.39, 0.29) is 28.2 Å². The zero-order valence-electron chi connectivity index (χ0n) is 17.6. The van der Waals surface area contributed by atoms with Crippen LogP contribution in [0, 0.1) is 35.6 Å². The number of carbonyl (C=O) groups excluding carboxylic acids is 2. The van der Waals surface area contributed by atoms with Crippen molar-refractivity contribution < 1.29 is 23.3 Å². The quantitative estimate of drug-likeness (QED) is 0.340. The van der Waals surface area contributed by atoms with Gasteiger partial charge in [-0.15, -0.1) is 0 Å². The summed E-state index contributed by atoms with van der Waals surface area (Å²) in [5, 5.41) is 14.0. The van der Waals surface area contributed by atoms with E-state index < -0.39 is 28.4 Å². The molecule has 2 amide bonds. The lowest BCUT2D eigenvalue weighted by Gasteiger charge is -2.16. The minimum Gasteiger partial charge on any atom is -0.350 e. The summed E-state index contributed by atoms with van der Waals surface area (Å²) >= 11 is 0. The molecular weight excluding hydrogens is 432 g/mol. The summed E-state index contributed by atoms with van der Waals surface area (Å²) in [6.07, 6.45) is 0. The lowest BCUT2D eigenvalue weighted by Crippen LogP contribution is -2.32. The third-order valence-corrected chi connectivity index (χ3v) is 5.39. The molecule has 0 unspecified atom stereocenters. The minimum atomic E-state index is -1.21. The summed E-state index contributed by atoms with van der Waals surface area (Å²) in [6.45, 7) is 3.82. The van der Waals surface area contributed by atoms with Gasteiger partial charge in [-0.2, -0.15) is 0 Å². The van der Waals surface area contributed by atoms with E-state index >= 15 is 0 Å². The number of imide groups is 1. The number of nitrogens with one attached hydrogen (secondary N) is 1. The second kappa shape index (κ2) is 8.27. The first-order chi connectivity index (χ1) is 15.7. The smallest absolute Gasteiger partial charge is 0.282 e. The van der Waals surface area contributed by atoms with Crippen LogP contribution in [-0.2, 0) is 9.59 Å². The van der Waals surface area contributed by atoms with Crippen LogP contribution >= 0.6 is 0 Å². The highest BCUT2D eigenvalue weighted by molar-refractivity contribution is 6.46. The summed E-state index contributed by atoms with van der Waals surface area (Å²) in [6, 6.07) is 13.2. The van der Waals surface area contributed by atoms with Crippen LogP contribution in [0.15, 0.2) is 66.4 Å². The third-order valence-electron chi connectivity index (χ3n) is 5.39. The number of carbonyl (C=O) groups is 2. The number of amides is 2. The highest BCUT2D eigenvalue weighted by Gasteiger charge is 2.40. The fourth-order valence-electron chi connectivity index (χ4n) is 3.49. The molecule has 1 N–H and O–H groups in total. The summed E-state index contributed by atoms with van der Waals surface area (Å²) in [5.41, 5.74) is 2.34. The van der Waals surface area contributed by atoms with Gasteiger partial charge in [-0.1, -0.05) is 6.07 Å². The molecular formula is C24H17F2N3O4. The molecule has 166 valence electrons. The Labute approximate surface area is 187 Å². The zero-order valence-corrected chi connectivity index (χ0v) is 17.6. The zero-order chi connectivity index (χ0) is 23.9. The van der Waals surface area contributed by atoms with Gasteiger partial charge in [0.2, 0.25) is 0 Å². The molecule has 4 rings (SSSR count). The van der Waals surface area contributed by atoms with Crippen molar-refractivity contribution in [3.63, 3.8) is 0 Å². The Bertz CT molecular complexity index is 1350. The third kappa shape index (κ3) is 3.96. The van der Waals surface area contributed by atoms with Gasteiger partial charge in [0.05, 0.1) is 16.2 Å². The minimum absolute atomic E-state index is 0.0436. The molecule has 0 aliphatic carbocycles. The van der Waals surface area contributed by atoms with Crippen molar-refractivity contribution in [2.75, 3.05) is 10.2 Å². The molecule has 0 spiro atoms. The summed E-state index contributed by atoms with van der Waals surface area (Å²) < 4.78 is 27.3. The average molecular weight is 449 g/mol. The van der Waals surface area contributed by atoms with Crippen molar-refractivity contribution in [3.8, 4) is 0 Å². The normalized spacial score (nSPS) is 13.6. The van der Waals surface area contributed by atoms with E-state index in [4.69, 9.17) is 0 Å². The number of hydrogen-bond acceptors (Lipinski definition) is 5. The maximum absolute atomic E-state index is 13.8. The molecule has 0 aromatic heterocycles. The van der Waals surface area contributed by atoms with Crippen molar-refractivity contribution in [1.82, 2.24) is 0 Å². The molecule has 3 aromatic rings. The highest BCUT2D eigenvalue weighted by Crippen LogP contribution is 2.35. The van der Waals surface area contributed by atoms with Crippen LogP contribution in [0.1, 0.15) is 16.7 Å². The first-order valence-electron chi connectivity index (χ1n) is 9.84. The van der Waals surface area contributed by atoms with Crippen molar-refractivity contribution >= 4 is 34.4 Å². The number of nitro groups is 1. The van der Waals surface area contributed by atoms with E-state index in [1.165, 1.54) is 24.3 Å². The Morgan fingerprint density at radius 2 is 1.55 bits per heavy atom. The fourth-order valence-corrected chi connectivity index (χ4v) is 3.49. The van der Waals surface area contributed by atoms with Crippen LogP contribution in [0.25, 0.3) is 5.57 Å². The van der Waals surface area contributed by atoms with Crippen LogP contribution in [0.3, 0.4) is 0 Å². The number of nitrogens with zero attached hydrogens (tertiary/aromatic N) is 2. The molecule has 7 nitrogen and oxygen atoms in total. The monoisotopic (exact) mass is 449 g/mol. The Hall–Kier alpha value is -4.40. The van der Waals surface area contributed by atoms with E-state index in [0.29, 0.717) is 5.69 Å². The highest BCUT2D eigenvalue weighted by atomic mass is 19.2. The van der Waals surface area contributed by atoms with Crippen molar-refractivity contribution in [2.45, 2.75) is 13.8 Å². The molecule has 1 aliphatic rings. The van der Waals surface area contributed by atoms with Gasteiger partial charge < -0.3 is 5.32 Å². The van der Waals surface area contributed by atoms with Gasteiger partial charge in [0.25, 0.3) is 17.5 Å². The fraction of sp³-hybridized carbons (Fsp3) is 0.0833. The van der Waals surface area contributed by atoms with Crippen LogP contribution in [-0.4, -0.2) is 16.7 Å². The Balaban J connectivity index is 1.83. The molecule has 33 heavy (non-hydrogen) atoms. The molecule has 0 radical (unpaired) electrons. The SMILES string of the molecule is Cc1ccc(NC2=C(c3ccc([N+](=O)[O-])cc3)C(=O)N(c3ccc(F)c(F)c3)C2=O)cc1C. The number of aryl methyl sites for hydroxylation is 2. The van der Waals surface area contributed by atoms with Gasteiger partial charge >= 0.3 is 0 Å². The molecule has 0 bridgehead atoms. The van der Waals surface area contributed by atoms with Crippen LogP contribution < -0.4 is 10.2 Å². The summed E-state index contributed by atoms with van der Waals surface area (Å²) in [7, 11) is 0. The lowest BCUT2D eigenvalue weighted by atomic mass is 10.0. The Morgan fingerprint density at radius 3 is 2.15 bits per heavy atom. The van der Waals surface area contributed by atoms with Crippen molar-refractivity contribution in [2.24, 2.45) is 0 Å². The number of non-ortho nitro benzene ring substituents is 1. The molecule has 3 aromatic carbocycles. The number of benzene rings is 3. The Morgan fingerprint density at radius 1 is 0.848 bits per heavy atom. The number of nitro benzene ring substituents is 1. The molecule has 1 heterocycles. The predicted molar refractivity (Wildman–Crippen MR) is 118 cm³/mol. The number of hydrogen-bond donors (Lipinski definition) is 1. The van der Waals surface area contributed by atoms with Crippen molar-refractivity contribution in [1.29, 1.82) is 0 Å². The summed E-state index contributed by atoms with van der Waals surface area (Å²) in [5.74, 6) is -3.86. The summed E-state index contributed by atoms with van der Waals surface area (Å²) in [4.78, 5) is 37.8. The van der Waals surface area contributed by atoms with Gasteiger partial charge in [0, 0.05) is 23.9 Å². The van der Waals surface area contributed by atoms with Crippen LogP contribution in [0.4, 0.5) is 25.8 Å². The molecule has 1 aliphatic heterocycles. The van der Waals surface area contributed by atoms with Crippen molar-refractivity contribution in [3.05, 3.63) is 105 Å². The Kier molecular flexibility index (Phi) is 5.47. The van der Waals surface area contributed by atoms with E-state index in [0.717, 1.165) is 34.2 Å². The van der Waals surface area contributed by atoms with Gasteiger partial charge in [-0.05, 0) is 66.9 Å². The van der Waals surface area contributed by atoms with E-state index in [2.05, 4.69) is 5.32 Å². The first-order valence-corrected chi connectivity index (χ1v) is 9.84. The largest absolute Gasteiger partial charge is 0.350 e. The first kappa shape index (κ1) is 21.8.